The van der Waals surface area contributed by atoms with Crippen molar-refractivity contribution >= 4 is 31.3 Å². The third-order valence-electron chi connectivity index (χ3n) is 7.55. The number of nitrogens with two attached hydrogens (primary N) is 1. The predicted octanol–water partition coefficient (Wildman–Crippen LogP) is 6.19. The molecule has 1 aliphatic rings. The standard InChI is InChI=1S/C31H36N4O3Si/c1-5-22-9-10-24-17-31(18-25(24)15-22,19-38-30(32)36)26-8-6-7-23(16-26)28-27-11-12-35(29(27)34-20-33-28)21-37-13-14-39(2,3)4/h5-12,15-16,20H,1,13-14,17-19,21H2,2-4H3,(H2,32,36). The molecule has 1 amide bonds. The molecule has 2 N–H and O–H groups in total. The summed E-state index contributed by atoms with van der Waals surface area (Å²) >= 11 is 0. The molecule has 2 aromatic carbocycles. The minimum Gasteiger partial charge on any atom is -0.449 e. The van der Waals surface area contributed by atoms with Crippen LogP contribution in [0.2, 0.25) is 25.7 Å². The number of carbonyl (C=O) groups is 1. The number of benzene rings is 2. The Morgan fingerprint density at radius 3 is 2.72 bits per heavy atom. The Kier molecular flexibility index (Phi) is 7.42. The highest BCUT2D eigenvalue weighted by Crippen LogP contribution is 2.42. The zero-order chi connectivity index (χ0) is 27.6. The first-order valence-corrected chi connectivity index (χ1v) is 17.0. The topological polar surface area (TPSA) is 92.3 Å². The first-order valence-electron chi connectivity index (χ1n) is 13.3. The van der Waals surface area contributed by atoms with Gasteiger partial charge in [-0.3, -0.25) is 0 Å². The Balaban J connectivity index is 1.46. The van der Waals surface area contributed by atoms with Crippen molar-refractivity contribution in [3.05, 3.63) is 89.9 Å². The molecule has 0 fully saturated rings. The highest BCUT2D eigenvalue weighted by atomic mass is 28.3. The summed E-state index contributed by atoms with van der Waals surface area (Å²) in [5, 5.41) is 0.969. The lowest BCUT2D eigenvalue weighted by molar-refractivity contribution is 0.0899. The summed E-state index contributed by atoms with van der Waals surface area (Å²) in [5.41, 5.74) is 12.3. The van der Waals surface area contributed by atoms with E-state index in [1.165, 1.54) is 11.1 Å². The van der Waals surface area contributed by atoms with Crippen molar-refractivity contribution in [3.63, 3.8) is 0 Å². The number of carbonyl (C=O) groups excluding carboxylic acids is 1. The maximum absolute atomic E-state index is 11.6. The van der Waals surface area contributed by atoms with Crippen LogP contribution in [0.15, 0.2) is 67.6 Å². The molecule has 0 saturated heterocycles. The minimum absolute atomic E-state index is 0.203. The molecule has 39 heavy (non-hydrogen) atoms. The van der Waals surface area contributed by atoms with Gasteiger partial charge in [-0.05, 0) is 53.3 Å². The van der Waals surface area contributed by atoms with E-state index in [2.05, 4.69) is 72.6 Å². The molecule has 1 unspecified atom stereocenters. The number of nitrogens with zero attached hydrogens (tertiary/aromatic N) is 3. The zero-order valence-corrected chi connectivity index (χ0v) is 23.9. The van der Waals surface area contributed by atoms with Gasteiger partial charge in [-0.15, -0.1) is 0 Å². The fraction of sp³-hybridized carbons (Fsp3) is 0.323. The maximum Gasteiger partial charge on any atom is 0.404 e. The number of amides is 1. The molecule has 0 spiro atoms. The highest BCUT2D eigenvalue weighted by Gasteiger charge is 2.40. The summed E-state index contributed by atoms with van der Waals surface area (Å²) < 4.78 is 13.4. The molecule has 4 aromatic rings. The fourth-order valence-corrected chi connectivity index (χ4v) is 6.13. The second-order valence-corrected chi connectivity index (χ2v) is 17.3. The van der Waals surface area contributed by atoms with Crippen molar-refractivity contribution in [2.75, 3.05) is 13.2 Å². The van der Waals surface area contributed by atoms with Crippen LogP contribution in [0.4, 0.5) is 4.79 Å². The van der Waals surface area contributed by atoms with Gasteiger partial charge in [-0.25, -0.2) is 14.8 Å². The van der Waals surface area contributed by atoms with E-state index in [1.807, 2.05) is 29.0 Å². The van der Waals surface area contributed by atoms with Crippen molar-refractivity contribution in [2.45, 2.75) is 50.7 Å². The maximum atomic E-state index is 11.6. The van der Waals surface area contributed by atoms with Gasteiger partial charge in [-0.1, -0.05) is 68.7 Å². The second kappa shape index (κ2) is 10.8. The van der Waals surface area contributed by atoms with Crippen LogP contribution in [0.3, 0.4) is 0 Å². The number of rotatable bonds is 10. The van der Waals surface area contributed by atoms with E-state index in [0.29, 0.717) is 6.73 Å². The van der Waals surface area contributed by atoms with Crippen LogP contribution < -0.4 is 5.73 Å². The molecule has 0 aliphatic heterocycles. The number of primary amides is 1. The second-order valence-electron chi connectivity index (χ2n) is 11.6. The van der Waals surface area contributed by atoms with Crippen LogP contribution in [0.25, 0.3) is 28.4 Å². The van der Waals surface area contributed by atoms with E-state index in [9.17, 15) is 4.79 Å². The smallest absolute Gasteiger partial charge is 0.404 e. The molecule has 2 heterocycles. The van der Waals surface area contributed by atoms with Gasteiger partial charge in [0, 0.05) is 37.2 Å². The third kappa shape index (κ3) is 5.82. The van der Waals surface area contributed by atoms with Crippen LogP contribution in [-0.4, -0.2) is 41.9 Å². The van der Waals surface area contributed by atoms with Crippen molar-refractivity contribution in [2.24, 2.45) is 5.73 Å². The Labute approximate surface area is 230 Å². The van der Waals surface area contributed by atoms with Gasteiger partial charge < -0.3 is 19.8 Å². The molecule has 1 atom stereocenters. The third-order valence-corrected chi connectivity index (χ3v) is 9.25. The van der Waals surface area contributed by atoms with Crippen molar-refractivity contribution in [3.8, 4) is 11.3 Å². The van der Waals surface area contributed by atoms with Gasteiger partial charge in [0.05, 0.1) is 5.69 Å². The van der Waals surface area contributed by atoms with Crippen LogP contribution in [-0.2, 0) is 34.5 Å². The van der Waals surface area contributed by atoms with Gasteiger partial charge >= 0.3 is 6.09 Å². The van der Waals surface area contributed by atoms with Gasteiger partial charge in [0.1, 0.15) is 25.3 Å². The van der Waals surface area contributed by atoms with Gasteiger partial charge in [0.15, 0.2) is 0 Å². The lowest BCUT2D eigenvalue weighted by Crippen LogP contribution is -2.35. The molecule has 0 bridgehead atoms. The average Bonchev–Trinajstić information content (AvgIpc) is 3.51. The van der Waals surface area contributed by atoms with Crippen molar-refractivity contribution in [1.82, 2.24) is 14.5 Å². The lowest BCUT2D eigenvalue weighted by Gasteiger charge is -2.29. The van der Waals surface area contributed by atoms with E-state index in [0.717, 1.165) is 58.9 Å². The van der Waals surface area contributed by atoms with Crippen LogP contribution >= 0.6 is 0 Å². The van der Waals surface area contributed by atoms with E-state index in [-0.39, 0.29) is 6.61 Å². The molecule has 0 saturated carbocycles. The summed E-state index contributed by atoms with van der Waals surface area (Å²) in [6, 6.07) is 17.9. The average molecular weight is 541 g/mol. The largest absolute Gasteiger partial charge is 0.449 e. The summed E-state index contributed by atoms with van der Waals surface area (Å²) in [4.78, 5) is 20.9. The van der Waals surface area contributed by atoms with E-state index in [4.69, 9.17) is 15.2 Å². The summed E-state index contributed by atoms with van der Waals surface area (Å²) in [6.07, 6.45) is 6.20. The van der Waals surface area contributed by atoms with Crippen LogP contribution in [0, 0.1) is 0 Å². The summed E-state index contributed by atoms with van der Waals surface area (Å²) in [5.74, 6) is 0. The monoisotopic (exact) mass is 540 g/mol. The van der Waals surface area contributed by atoms with Gasteiger partial charge in [0.25, 0.3) is 0 Å². The zero-order valence-electron chi connectivity index (χ0n) is 22.9. The summed E-state index contributed by atoms with van der Waals surface area (Å²) in [6.45, 7) is 12.4. The van der Waals surface area contributed by atoms with Crippen LogP contribution in [0.1, 0.15) is 22.3 Å². The number of hydrogen-bond acceptors (Lipinski definition) is 5. The highest BCUT2D eigenvalue weighted by molar-refractivity contribution is 6.76. The number of hydrogen-bond donors (Lipinski definition) is 1. The molecule has 2 aromatic heterocycles. The normalized spacial score (nSPS) is 16.8. The van der Waals surface area contributed by atoms with Crippen molar-refractivity contribution < 1.29 is 14.3 Å². The number of aromatic nitrogens is 3. The Morgan fingerprint density at radius 2 is 1.95 bits per heavy atom. The van der Waals surface area contributed by atoms with Crippen molar-refractivity contribution in [1.29, 1.82) is 0 Å². The predicted molar refractivity (Wildman–Crippen MR) is 158 cm³/mol. The van der Waals surface area contributed by atoms with Gasteiger partial charge in [0.2, 0.25) is 0 Å². The molecule has 8 heteroatoms. The summed E-state index contributed by atoms with van der Waals surface area (Å²) in [7, 11) is -1.15. The fourth-order valence-electron chi connectivity index (χ4n) is 5.38. The molecule has 5 rings (SSSR count). The SMILES string of the molecule is C=Cc1ccc2c(c1)CC(COC(N)=O)(c1cccc(-c3ncnc4c3ccn4COCC[Si](C)(C)C)c1)C2. The van der Waals surface area contributed by atoms with Gasteiger partial charge in [-0.2, -0.15) is 0 Å². The first-order chi connectivity index (χ1) is 18.7. The Bertz CT molecular complexity index is 1520. The first kappa shape index (κ1) is 26.8. The van der Waals surface area contributed by atoms with E-state index >= 15 is 0 Å². The number of fused-ring (bicyclic) bond motifs is 2. The molecule has 7 nitrogen and oxygen atoms in total. The Hall–Kier alpha value is -3.75. The molecular formula is C31H36N4O3Si. The molecule has 0 radical (unpaired) electrons. The minimum atomic E-state index is -1.15. The quantitative estimate of drug-likeness (QED) is 0.191. The van der Waals surface area contributed by atoms with E-state index in [1.54, 1.807) is 6.33 Å². The number of ether oxygens (including phenoxy) is 2. The van der Waals surface area contributed by atoms with E-state index < -0.39 is 19.6 Å². The molecular weight excluding hydrogens is 504 g/mol. The molecule has 1 aliphatic carbocycles. The van der Waals surface area contributed by atoms with Crippen LogP contribution in [0.5, 0.6) is 0 Å². The molecule has 202 valence electrons. The lowest BCUT2D eigenvalue weighted by atomic mass is 9.77. The Morgan fingerprint density at radius 1 is 1.13 bits per heavy atom.